The zero-order chi connectivity index (χ0) is 14.9. The van der Waals surface area contributed by atoms with Crippen LogP contribution in [0.15, 0.2) is 63.3 Å². The molecule has 0 aliphatic rings. The maximum absolute atomic E-state index is 5.42. The standard InChI is InChI=1S/C15H9N3S4/c19-15-18(10-6-2-1-3-7-10)17-14(22-15)21-13-16-11-8-4-5-9-12(11)20-13/h1-9H. The summed E-state index contributed by atoms with van der Waals surface area (Å²) in [4.78, 5) is 4.62. The maximum atomic E-state index is 5.42. The average Bonchev–Trinajstić information content (AvgIpc) is 3.11. The lowest BCUT2D eigenvalue weighted by Gasteiger charge is -1.98. The van der Waals surface area contributed by atoms with Gasteiger partial charge in [0.05, 0.1) is 15.9 Å². The van der Waals surface area contributed by atoms with E-state index in [1.54, 1.807) is 27.8 Å². The largest absolute Gasteiger partial charge is 0.229 e. The van der Waals surface area contributed by atoms with Crippen molar-refractivity contribution in [3.63, 3.8) is 0 Å². The molecule has 2 aromatic carbocycles. The Labute approximate surface area is 144 Å². The van der Waals surface area contributed by atoms with E-state index in [2.05, 4.69) is 16.1 Å². The summed E-state index contributed by atoms with van der Waals surface area (Å²) in [5.74, 6) is 0. The number of benzene rings is 2. The van der Waals surface area contributed by atoms with Gasteiger partial charge in [-0.3, -0.25) is 0 Å². The Morgan fingerprint density at radius 1 is 0.909 bits per heavy atom. The van der Waals surface area contributed by atoms with Gasteiger partial charge in [-0.15, -0.1) is 16.4 Å². The second kappa shape index (κ2) is 5.92. The van der Waals surface area contributed by atoms with Crippen LogP contribution in [-0.4, -0.2) is 14.8 Å². The van der Waals surface area contributed by atoms with Crippen LogP contribution in [-0.2, 0) is 0 Å². The maximum Gasteiger partial charge on any atom is 0.184 e. The van der Waals surface area contributed by atoms with Crippen LogP contribution < -0.4 is 0 Å². The fourth-order valence-electron chi connectivity index (χ4n) is 2.00. The Hall–Kier alpha value is -1.54. The van der Waals surface area contributed by atoms with Crippen molar-refractivity contribution < 1.29 is 0 Å². The molecular formula is C15H9N3S4. The lowest BCUT2D eigenvalue weighted by molar-refractivity contribution is 0.829. The van der Waals surface area contributed by atoms with Gasteiger partial charge < -0.3 is 0 Å². The lowest BCUT2D eigenvalue weighted by Crippen LogP contribution is -1.95. The molecule has 0 aliphatic heterocycles. The van der Waals surface area contributed by atoms with Gasteiger partial charge in [-0.25, -0.2) is 9.67 Å². The van der Waals surface area contributed by atoms with Crippen LogP contribution >= 0.6 is 46.7 Å². The van der Waals surface area contributed by atoms with Gasteiger partial charge in [0.2, 0.25) is 0 Å². The molecule has 0 radical (unpaired) electrons. The molecule has 0 saturated carbocycles. The van der Waals surface area contributed by atoms with Crippen molar-refractivity contribution >= 4 is 56.9 Å². The minimum absolute atomic E-state index is 0.745. The quantitative estimate of drug-likeness (QED) is 0.457. The summed E-state index contributed by atoms with van der Waals surface area (Å²) in [6.45, 7) is 0. The average molecular weight is 360 g/mol. The van der Waals surface area contributed by atoms with Crippen LogP contribution in [0.2, 0.25) is 0 Å². The monoisotopic (exact) mass is 359 g/mol. The Bertz CT molecular complexity index is 952. The number of nitrogens with zero attached hydrogens (tertiary/aromatic N) is 3. The molecule has 0 bridgehead atoms. The highest BCUT2D eigenvalue weighted by molar-refractivity contribution is 8.02. The molecule has 2 heterocycles. The third-order valence-corrected chi connectivity index (χ3v) is 6.36. The summed E-state index contributed by atoms with van der Waals surface area (Å²) in [5.41, 5.74) is 2.01. The zero-order valence-corrected chi connectivity index (χ0v) is 14.4. The van der Waals surface area contributed by atoms with E-state index < -0.39 is 0 Å². The number of hydrogen-bond acceptors (Lipinski definition) is 6. The molecule has 2 aromatic heterocycles. The van der Waals surface area contributed by atoms with Crippen molar-refractivity contribution in [3.05, 3.63) is 58.6 Å². The molecule has 22 heavy (non-hydrogen) atoms. The van der Waals surface area contributed by atoms with Crippen molar-refractivity contribution in [1.29, 1.82) is 0 Å². The van der Waals surface area contributed by atoms with Gasteiger partial charge in [-0.2, -0.15) is 0 Å². The smallest absolute Gasteiger partial charge is 0.184 e. The SMILES string of the molecule is S=c1sc(Sc2nc3ccccc3s2)nn1-c1ccccc1. The molecule has 0 spiro atoms. The number of para-hydroxylation sites is 2. The first-order valence-corrected chi connectivity index (χ1v) is 9.34. The van der Waals surface area contributed by atoms with Crippen LogP contribution in [0.25, 0.3) is 15.9 Å². The first-order valence-electron chi connectivity index (χ1n) is 6.48. The molecule has 3 nitrogen and oxygen atoms in total. The fraction of sp³-hybridized carbons (Fsp3) is 0. The topological polar surface area (TPSA) is 30.7 Å². The van der Waals surface area contributed by atoms with Crippen molar-refractivity contribution in [3.8, 4) is 5.69 Å². The summed E-state index contributed by atoms with van der Waals surface area (Å²) in [6.07, 6.45) is 0. The molecule has 4 aromatic rings. The molecule has 7 heteroatoms. The Morgan fingerprint density at radius 3 is 2.50 bits per heavy atom. The number of hydrogen-bond donors (Lipinski definition) is 0. The number of rotatable bonds is 3. The van der Waals surface area contributed by atoms with Crippen LogP contribution in [0.1, 0.15) is 0 Å². The number of aromatic nitrogens is 3. The van der Waals surface area contributed by atoms with Crippen LogP contribution in [0, 0.1) is 3.95 Å². The van der Waals surface area contributed by atoms with Crippen molar-refractivity contribution in [2.75, 3.05) is 0 Å². The summed E-state index contributed by atoms with van der Waals surface area (Å²) in [5, 5.41) is 4.61. The van der Waals surface area contributed by atoms with Crippen LogP contribution in [0.3, 0.4) is 0 Å². The Kier molecular flexibility index (Phi) is 3.79. The van der Waals surface area contributed by atoms with E-state index in [0.29, 0.717) is 0 Å². The Balaban J connectivity index is 1.68. The summed E-state index contributed by atoms with van der Waals surface area (Å²) >= 11 is 10.2. The molecule has 4 rings (SSSR count). The fourth-order valence-corrected chi connectivity index (χ4v) is 5.63. The first-order chi connectivity index (χ1) is 10.8. The van der Waals surface area contributed by atoms with Gasteiger partial charge >= 0.3 is 0 Å². The first kappa shape index (κ1) is 14.1. The van der Waals surface area contributed by atoms with E-state index >= 15 is 0 Å². The van der Waals surface area contributed by atoms with Gasteiger partial charge in [-0.1, -0.05) is 41.7 Å². The van der Waals surface area contributed by atoms with E-state index in [0.717, 1.165) is 23.8 Å². The third kappa shape index (κ3) is 2.72. The van der Waals surface area contributed by atoms with Crippen molar-refractivity contribution in [1.82, 2.24) is 14.8 Å². The predicted octanol–water partition coefficient (Wildman–Crippen LogP) is 5.42. The van der Waals surface area contributed by atoms with Crippen LogP contribution in [0.4, 0.5) is 0 Å². The van der Waals surface area contributed by atoms with E-state index in [4.69, 9.17) is 12.2 Å². The van der Waals surface area contributed by atoms with Gasteiger partial charge in [0.25, 0.3) is 0 Å². The summed E-state index contributed by atoms with van der Waals surface area (Å²) < 4.78 is 5.64. The van der Waals surface area contributed by atoms with E-state index in [1.165, 1.54) is 16.0 Å². The predicted molar refractivity (Wildman–Crippen MR) is 96.0 cm³/mol. The van der Waals surface area contributed by atoms with Crippen molar-refractivity contribution in [2.45, 2.75) is 8.68 Å². The summed E-state index contributed by atoms with van der Waals surface area (Å²) in [6, 6.07) is 18.1. The molecule has 0 unspecified atom stereocenters. The Morgan fingerprint density at radius 2 is 1.68 bits per heavy atom. The molecular weight excluding hydrogens is 350 g/mol. The van der Waals surface area contributed by atoms with E-state index in [1.807, 2.05) is 48.5 Å². The molecule has 0 fully saturated rings. The molecule has 0 amide bonds. The van der Waals surface area contributed by atoms with Gasteiger partial charge in [0.15, 0.2) is 12.6 Å². The number of thiazole rings is 1. The molecule has 0 N–H and O–H groups in total. The van der Waals surface area contributed by atoms with Gasteiger partial charge in [0.1, 0.15) is 0 Å². The molecule has 0 aliphatic carbocycles. The second-order valence-corrected chi connectivity index (χ2v) is 8.58. The second-order valence-electron chi connectivity index (χ2n) is 4.43. The highest BCUT2D eigenvalue weighted by Crippen LogP contribution is 2.35. The third-order valence-electron chi connectivity index (χ3n) is 2.98. The minimum Gasteiger partial charge on any atom is -0.229 e. The van der Waals surface area contributed by atoms with Crippen molar-refractivity contribution in [2.24, 2.45) is 0 Å². The van der Waals surface area contributed by atoms with Gasteiger partial charge in [0, 0.05) is 0 Å². The van der Waals surface area contributed by atoms with E-state index in [9.17, 15) is 0 Å². The molecule has 0 saturated heterocycles. The summed E-state index contributed by atoms with van der Waals surface area (Å²) in [7, 11) is 0. The molecule has 0 atom stereocenters. The number of fused-ring (bicyclic) bond motifs is 1. The minimum atomic E-state index is 0.745. The highest BCUT2D eigenvalue weighted by atomic mass is 32.2. The van der Waals surface area contributed by atoms with Gasteiger partial charge in [-0.05, 0) is 48.2 Å². The zero-order valence-electron chi connectivity index (χ0n) is 11.2. The normalized spacial score (nSPS) is 11.1. The lowest BCUT2D eigenvalue weighted by atomic mass is 10.3. The molecule has 108 valence electrons. The highest BCUT2D eigenvalue weighted by Gasteiger charge is 2.10. The van der Waals surface area contributed by atoms with E-state index in [-0.39, 0.29) is 0 Å². The van der Waals surface area contributed by atoms with Crippen LogP contribution in [0.5, 0.6) is 0 Å².